The van der Waals surface area contributed by atoms with Crippen molar-refractivity contribution in [1.29, 1.82) is 0 Å². The maximum atomic E-state index is 12.5. The number of alkyl halides is 3. The predicted octanol–water partition coefficient (Wildman–Crippen LogP) is 4.20. The first-order valence-electron chi connectivity index (χ1n) is 5.83. The van der Waals surface area contributed by atoms with Crippen molar-refractivity contribution in [3.8, 4) is 11.6 Å². The van der Waals surface area contributed by atoms with Crippen LogP contribution in [0.3, 0.4) is 0 Å². The lowest BCUT2D eigenvalue weighted by molar-refractivity contribution is -0.137. The van der Waals surface area contributed by atoms with Gasteiger partial charge < -0.3 is 15.8 Å². The van der Waals surface area contributed by atoms with Crippen molar-refractivity contribution in [3.63, 3.8) is 0 Å². The number of pyridine rings is 1. The summed E-state index contributed by atoms with van der Waals surface area (Å²) in [5, 5.41) is 2.59. The molecule has 0 fully saturated rings. The summed E-state index contributed by atoms with van der Waals surface area (Å²) in [6.07, 6.45) is -3.85. The number of nitrogens with zero attached hydrogens (tertiary/aromatic N) is 1. The fraction of sp³-hybridized carbons (Fsp3) is 0.0769. The summed E-state index contributed by atoms with van der Waals surface area (Å²) in [5.41, 5.74) is 5.03. The number of anilines is 1. The van der Waals surface area contributed by atoms with Gasteiger partial charge in [-0.25, -0.2) is 4.98 Å². The fourth-order valence-electron chi connectivity index (χ4n) is 1.52. The van der Waals surface area contributed by atoms with Crippen molar-refractivity contribution >= 4 is 34.6 Å². The molecule has 4 nitrogen and oxygen atoms in total. The molecule has 0 unspecified atom stereocenters. The molecule has 0 aliphatic rings. The Morgan fingerprint density at radius 1 is 1.27 bits per heavy atom. The monoisotopic (exact) mass is 347 g/mol. The van der Waals surface area contributed by atoms with Gasteiger partial charge in [0.05, 0.1) is 5.56 Å². The number of rotatable bonds is 3. The van der Waals surface area contributed by atoms with Crippen LogP contribution in [-0.2, 0) is 6.18 Å². The lowest BCUT2D eigenvalue weighted by Crippen LogP contribution is -2.18. The van der Waals surface area contributed by atoms with Crippen LogP contribution < -0.4 is 15.8 Å². The standard InChI is InChI=1S/C13H9ClF3N3OS/c14-10-5-7(13(15,16)17)6-19-11(10)21-9-3-1-8(2-4-9)20-12(18)22/h1-6H,(H3,18,20,22). The molecule has 1 aromatic carbocycles. The molecule has 0 saturated heterocycles. The topological polar surface area (TPSA) is 60.2 Å². The molecule has 0 aliphatic heterocycles. The summed E-state index contributed by atoms with van der Waals surface area (Å²) in [7, 11) is 0. The van der Waals surface area contributed by atoms with E-state index >= 15 is 0 Å². The summed E-state index contributed by atoms with van der Waals surface area (Å²) >= 11 is 10.4. The van der Waals surface area contributed by atoms with E-state index < -0.39 is 11.7 Å². The van der Waals surface area contributed by atoms with Crippen molar-refractivity contribution in [2.45, 2.75) is 6.18 Å². The summed E-state index contributed by atoms with van der Waals surface area (Å²) in [5.74, 6) is 0.229. The molecule has 22 heavy (non-hydrogen) atoms. The van der Waals surface area contributed by atoms with Gasteiger partial charge in [0, 0.05) is 11.9 Å². The minimum atomic E-state index is -4.51. The Morgan fingerprint density at radius 2 is 1.91 bits per heavy atom. The highest BCUT2D eigenvalue weighted by atomic mass is 35.5. The van der Waals surface area contributed by atoms with E-state index in [4.69, 9.17) is 34.3 Å². The zero-order valence-corrected chi connectivity index (χ0v) is 12.4. The minimum absolute atomic E-state index is 0.112. The van der Waals surface area contributed by atoms with E-state index in [1.807, 2.05) is 0 Å². The number of thiocarbonyl (C=S) groups is 1. The quantitative estimate of drug-likeness (QED) is 0.815. The second kappa shape index (κ2) is 6.37. The van der Waals surface area contributed by atoms with Crippen LogP contribution in [0.25, 0.3) is 0 Å². The second-order valence-corrected chi connectivity index (χ2v) is 4.97. The van der Waals surface area contributed by atoms with Crippen molar-refractivity contribution in [2.24, 2.45) is 5.73 Å². The molecule has 0 radical (unpaired) electrons. The van der Waals surface area contributed by atoms with Crippen LogP contribution in [0.2, 0.25) is 5.02 Å². The van der Waals surface area contributed by atoms with Gasteiger partial charge in [0.15, 0.2) is 5.11 Å². The number of nitrogens with one attached hydrogen (secondary N) is 1. The highest BCUT2D eigenvalue weighted by Crippen LogP contribution is 2.34. The van der Waals surface area contributed by atoms with Crippen LogP contribution in [0, 0.1) is 0 Å². The van der Waals surface area contributed by atoms with Crippen LogP contribution in [0.15, 0.2) is 36.5 Å². The number of hydrogen-bond donors (Lipinski definition) is 2. The zero-order chi connectivity index (χ0) is 16.3. The molecular weight excluding hydrogens is 339 g/mol. The number of nitrogens with two attached hydrogens (primary N) is 1. The van der Waals surface area contributed by atoms with Gasteiger partial charge in [0.2, 0.25) is 5.88 Å². The van der Waals surface area contributed by atoms with E-state index in [2.05, 4.69) is 10.3 Å². The Morgan fingerprint density at radius 3 is 2.41 bits per heavy atom. The molecule has 2 rings (SSSR count). The third-order valence-corrected chi connectivity index (χ3v) is 2.84. The highest BCUT2D eigenvalue weighted by molar-refractivity contribution is 7.80. The van der Waals surface area contributed by atoms with E-state index in [9.17, 15) is 13.2 Å². The Balaban J connectivity index is 2.15. The van der Waals surface area contributed by atoms with Crippen LogP contribution in [0.1, 0.15) is 5.56 Å². The first-order chi connectivity index (χ1) is 10.3. The third-order valence-electron chi connectivity index (χ3n) is 2.47. The lowest BCUT2D eigenvalue weighted by Gasteiger charge is -2.10. The van der Waals surface area contributed by atoms with Gasteiger partial charge in [-0.15, -0.1) is 0 Å². The SMILES string of the molecule is NC(=S)Nc1ccc(Oc2ncc(C(F)(F)F)cc2Cl)cc1. The third kappa shape index (κ3) is 4.22. The molecule has 0 aliphatic carbocycles. The Hall–Kier alpha value is -2.06. The molecule has 116 valence electrons. The maximum absolute atomic E-state index is 12.5. The van der Waals surface area contributed by atoms with Gasteiger partial charge in [-0.3, -0.25) is 0 Å². The number of ether oxygens (including phenoxy) is 1. The van der Waals surface area contributed by atoms with Crippen molar-refractivity contribution in [2.75, 3.05) is 5.32 Å². The van der Waals surface area contributed by atoms with Crippen molar-refractivity contribution in [3.05, 3.63) is 47.1 Å². The zero-order valence-electron chi connectivity index (χ0n) is 10.8. The molecule has 2 aromatic rings. The molecule has 0 saturated carbocycles. The molecule has 0 bridgehead atoms. The minimum Gasteiger partial charge on any atom is -0.438 e. The summed E-state index contributed by atoms with van der Waals surface area (Å²) in [6.45, 7) is 0. The van der Waals surface area contributed by atoms with Gasteiger partial charge >= 0.3 is 6.18 Å². The van der Waals surface area contributed by atoms with E-state index in [1.54, 1.807) is 24.3 Å². The van der Waals surface area contributed by atoms with Gasteiger partial charge in [-0.05, 0) is 42.5 Å². The maximum Gasteiger partial charge on any atom is 0.417 e. The van der Waals surface area contributed by atoms with Crippen LogP contribution in [0.4, 0.5) is 18.9 Å². The molecule has 1 aromatic heterocycles. The number of halogens is 4. The number of hydrogen-bond acceptors (Lipinski definition) is 3. The van der Waals surface area contributed by atoms with Crippen LogP contribution >= 0.6 is 23.8 Å². The molecule has 0 atom stereocenters. The Bertz CT molecular complexity index is 692. The first kappa shape index (κ1) is 16.3. The van der Waals surface area contributed by atoms with E-state index in [0.717, 1.165) is 6.07 Å². The predicted molar refractivity (Wildman–Crippen MR) is 81.2 cm³/mol. The van der Waals surface area contributed by atoms with E-state index in [-0.39, 0.29) is 16.0 Å². The Labute approximate surface area is 134 Å². The average molecular weight is 348 g/mol. The average Bonchev–Trinajstić information content (AvgIpc) is 2.41. The van der Waals surface area contributed by atoms with Crippen molar-refractivity contribution in [1.82, 2.24) is 4.98 Å². The largest absolute Gasteiger partial charge is 0.438 e. The molecule has 9 heteroatoms. The smallest absolute Gasteiger partial charge is 0.417 e. The van der Waals surface area contributed by atoms with E-state index in [0.29, 0.717) is 17.6 Å². The highest BCUT2D eigenvalue weighted by Gasteiger charge is 2.31. The second-order valence-electron chi connectivity index (χ2n) is 4.12. The molecule has 3 N–H and O–H groups in total. The van der Waals surface area contributed by atoms with Crippen LogP contribution in [0.5, 0.6) is 11.6 Å². The molecular formula is C13H9ClF3N3OS. The summed E-state index contributed by atoms with van der Waals surface area (Å²) in [4.78, 5) is 3.58. The molecule has 1 heterocycles. The fourth-order valence-corrected chi connectivity index (χ4v) is 1.84. The van der Waals surface area contributed by atoms with Gasteiger partial charge in [-0.2, -0.15) is 13.2 Å². The first-order valence-corrected chi connectivity index (χ1v) is 6.61. The number of benzene rings is 1. The molecule has 0 spiro atoms. The Kier molecular flexibility index (Phi) is 4.72. The van der Waals surface area contributed by atoms with Gasteiger partial charge in [-0.1, -0.05) is 11.6 Å². The molecule has 0 amide bonds. The number of aromatic nitrogens is 1. The summed E-state index contributed by atoms with van der Waals surface area (Å²) in [6, 6.07) is 7.15. The lowest BCUT2D eigenvalue weighted by atomic mass is 10.3. The summed E-state index contributed by atoms with van der Waals surface area (Å²) < 4.78 is 42.9. The van der Waals surface area contributed by atoms with Crippen molar-refractivity contribution < 1.29 is 17.9 Å². The van der Waals surface area contributed by atoms with Gasteiger partial charge in [0.1, 0.15) is 10.8 Å². The van der Waals surface area contributed by atoms with Gasteiger partial charge in [0.25, 0.3) is 0 Å². The van der Waals surface area contributed by atoms with E-state index in [1.165, 1.54) is 0 Å². The normalized spacial score (nSPS) is 11.1. The van der Waals surface area contributed by atoms with Crippen LogP contribution in [-0.4, -0.2) is 10.1 Å².